The number of benzene rings is 1. The van der Waals surface area contributed by atoms with Gasteiger partial charge in [-0.1, -0.05) is 17.3 Å². The third-order valence-electron chi connectivity index (χ3n) is 3.44. The van der Waals surface area contributed by atoms with Gasteiger partial charge in [0.2, 0.25) is 5.88 Å². The number of nitrogen functional groups attached to an aromatic ring is 1. The molecule has 1 saturated heterocycles. The molecule has 2 heterocycles. The van der Waals surface area contributed by atoms with E-state index in [1.54, 1.807) is 25.2 Å². The zero-order valence-electron chi connectivity index (χ0n) is 11.4. The van der Waals surface area contributed by atoms with E-state index in [4.69, 9.17) is 10.3 Å². The quantitative estimate of drug-likeness (QED) is 0.821. The van der Waals surface area contributed by atoms with Gasteiger partial charge in [0.05, 0.1) is 0 Å². The molecule has 2 N–H and O–H groups in total. The molecule has 0 radical (unpaired) electrons. The molecular formula is C14H14N4O3. The van der Waals surface area contributed by atoms with E-state index in [9.17, 15) is 9.59 Å². The summed E-state index contributed by atoms with van der Waals surface area (Å²) >= 11 is 0. The van der Waals surface area contributed by atoms with Gasteiger partial charge < -0.3 is 20.1 Å². The van der Waals surface area contributed by atoms with Crippen LogP contribution in [0.1, 0.15) is 0 Å². The standard InChI is InChI=1S/C14H14N4O3/c1-17-6-7-18(14(20)13(17)19)10-4-2-9(3-5-10)11-8-12(15)21-16-11/h2-5,8H,6-7,15H2,1H3. The van der Waals surface area contributed by atoms with Gasteiger partial charge in [-0.15, -0.1) is 0 Å². The van der Waals surface area contributed by atoms with Crippen LogP contribution in [0.25, 0.3) is 11.3 Å². The van der Waals surface area contributed by atoms with Gasteiger partial charge in [-0.25, -0.2) is 0 Å². The number of nitrogens with two attached hydrogens (primary N) is 1. The average molecular weight is 286 g/mol. The minimum atomic E-state index is -0.512. The highest BCUT2D eigenvalue weighted by molar-refractivity contribution is 6.40. The van der Waals surface area contributed by atoms with Crippen molar-refractivity contribution in [3.05, 3.63) is 30.3 Å². The normalized spacial score (nSPS) is 15.7. The Bertz CT molecular complexity index is 692. The van der Waals surface area contributed by atoms with Gasteiger partial charge in [0.15, 0.2) is 0 Å². The number of hydrogen-bond donors (Lipinski definition) is 1. The van der Waals surface area contributed by atoms with Crippen LogP contribution >= 0.6 is 0 Å². The molecule has 1 aromatic heterocycles. The molecule has 1 aliphatic heterocycles. The molecule has 1 aliphatic rings. The van der Waals surface area contributed by atoms with Gasteiger partial charge in [-0.3, -0.25) is 9.59 Å². The first-order valence-corrected chi connectivity index (χ1v) is 6.46. The van der Waals surface area contributed by atoms with Gasteiger partial charge in [-0.2, -0.15) is 0 Å². The van der Waals surface area contributed by atoms with Crippen molar-refractivity contribution in [3.63, 3.8) is 0 Å². The molecule has 7 heteroatoms. The molecular weight excluding hydrogens is 272 g/mol. The first kappa shape index (κ1) is 13.2. The monoisotopic (exact) mass is 286 g/mol. The number of hydrogen-bond acceptors (Lipinski definition) is 5. The first-order valence-electron chi connectivity index (χ1n) is 6.46. The topological polar surface area (TPSA) is 92.7 Å². The van der Waals surface area contributed by atoms with Crippen molar-refractivity contribution >= 4 is 23.4 Å². The zero-order valence-corrected chi connectivity index (χ0v) is 11.4. The lowest BCUT2D eigenvalue weighted by Crippen LogP contribution is -2.52. The van der Waals surface area contributed by atoms with E-state index in [2.05, 4.69) is 5.16 Å². The van der Waals surface area contributed by atoms with Gasteiger partial charge in [0.1, 0.15) is 5.69 Å². The summed E-state index contributed by atoms with van der Waals surface area (Å²) in [6, 6.07) is 8.79. The molecule has 21 heavy (non-hydrogen) atoms. The maximum atomic E-state index is 12.0. The number of nitrogens with zero attached hydrogens (tertiary/aromatic N) is 3. The van der Waals surface area contributed by atoms with Crippen molar-refractivity contribution in [2.45, 2.75) is 0 Å². The summed E-state index contributed by atoms with van der Waals surface area (Å²) in [4.78, 5) is 26.6. The summed E-state index contributed by atoms with van der Waals surface area (Å²) in [6.07, 6.45) is 0. The third-order valence-corrected chi connectivity index (χ3v) is 3.44. The molecule has 0 saturated carbocycles. The van der Waals surface area contributed by atoms with Crippen LogP contribution in [0, 0.1) is 0 Å². The molecule has 7 nitrogen and oxygen atoms in total. The fourth-order valence-electron chi connectivity index (χ4n) is 2.22. The number of amides is 2. The molecule has 3 rings (SSSR count). The summed E-state index contributed by atoms with van der Waals surface area (Å²) in [5.41, 5.74) is 7.62. The molecule has 0 spiro atoms. The molecule has 0 aliphatic carbocycles. The minimum absolute atomic E-state index is 0.244. The van der Waals surface area contributed by atoms with Crippen LogP contribution in [-0.4, -0.2) is 42.0 Å². The second-order valence-corrected chi connectivity index (χ2v) is 4.84. The Balaban J connectivity index is 1.84. The smallest absolute Gasteiger partial charge is 0.316 e. The number of anilines is 2. The SMILES string of the molecule is CN1CCN(c2ccc(-c3cc(N)on3)cc2)C(=O)C1=O. The number of likely N-dealkylation sites (N-methyl/N-ethyl adjacent to an activating group) is 1. The fourth-order valence-corrected chi connectivity index (χ4v) is 2.22. The Morgan fingerprint density at radius 3 is 2.48 bits per heavy atom. The summed E-state index contributed by atoms with van der Waals surface area (Å²) < 4.78 is 4.82. The summed E-state index contributed by atoms with van der Waals surface area (Å²) in [6.45, 7) is 1.00. The molecule has 2 amide bonds. The van der Waals surface area contributed by atoms with Crippen molar-refractivity contribution in [1.29, 1.82) is 0 Å². The lowest BCUT2D eigenvalue weighted by molar-refractivity contribution is -0.145. The van der Waals surface area contributed by atoms with Gasteiger partial charge in [0.25, 0.3) is 0 Å². The maximum Gasteiger partial charge on any atom is 0.316 e. The Morgan fingerprint density at radius 2 is 1.86 bits per heavy atom. The minimum Gasteiger partial charge on any atom is -0.368 e. The van der Waals surface area contributed by atoms with Crippen molar-refractivity contribution in [2.24, 2.45) is 0 Å². The zero-order chi connectivity index (χ0) is 15.0. The molecule has 2 aromatic rings. The van der Waals surface area contributed by atoms with Gasteiger partial charge in [0, 0.05) is 37.5 Å². The molecule has 0 atom stereocenters. The van der Waals surface area contributed by atoms with Crippen molar-refractivity contribution in [3.8, 4) is 11.3 Å². The molecule has 1 aromatic carbocycles. The third kappa shape index (κ3) is 2.33. The van der Waals surface area contributed by atoms with E-state index >= 15 is 0 Å². The molecule has 108 valence electrons. The van der Waals surface area contributed by atoms with Crippen LogP contribution in [0.2, 0.25) is 0 Å². The van der Waals surface area contributed by atoms with E-state index in [0.717, 1.165) is 5.56 Å². The van der Waals surface area contributed by atoms with Crippen molar-refractivity contribution < 1.29 is 14.1 Å². The van der Waals surface area contributed by atoms with E-state index in [0.29, 0.717) is 24.5 Å². The first-order chi connectivity index (χ1) is 10.1. The summed E-state index contributed by atoms with van der Waals surface area (Å²) in [7, 11) is 1.62. The molecule has 0 unspecified atom stereocenters. The lowest BCUT2D eigenvalue weighted by atomic mass is 10.1. The lowest BCUT2D eigenvalue weighted by Gasteiger charge is -2.31. The molecule has 1 fully saturated rings. The number of carbonyl (C=O) groups is 2. The summed E-state index contributed by atoms with van der Waals surface area (Å²) in [5, 5.41) is 3.82. The number of aromatic nitrogens is 1. The number of piperazine rings is 1. The van der Waals surface area contributed by atoms with E-state index in [-0.39, 0.29) is 5.88 Å². The fraction of sp³-hybridized carbons (Fsp3) is 0.214. The van der Waals surface area contributed by atoms with Crippen LogP contribution in [-0.2, 0) is 9.59 Å². The van der Waals surface area contributed by atoms with E-state index in [1.807, 2.05) is 12.1 Å². The Morgan fingerprint density at radius 1 is 1.14 bits per heavy atom. The highest BCUT2D eigenvalue weighted by Crippen LogP contribution is 2.24. The van der Waals surface area contributed by atoms with E-state index < -0.39 is 11.8 Å². The predicted molar refractivity (Wildman–Crippen MR) is 76.3 cm³/mol. The van der Waals surface area contributed by atoms with Crippen LogP contribution in [0.5, 0.6) is 0 Å². The second kappa shape index (κ2) is 4.93. The van der Waals surface area contributed by atoms with Crippen LogP contribution in [0.3, 0.4) is 0 Å². The maximum absolute atomic E-state index is 12.0. The Kier molecular flexibility index (Phi) is 3.09. The second-order valence-electron chi connectivity index (χ2n) is 4.84. The predicted octanol–water partition coefficient (Wildman–Crippen LogP) is 0.729. The van der Waals surface area contributed by atoms with Gasteiger partial charge in [-0.05, 0) is 12.1 Å². The Labute approximate surface area is 120 Å². The number of rotatable bonds is 2. The van der Waals surface area contributed by atoms with Crippen LogP contribution in [0.15, 0.2) is 34.9 Å². The summed E-state index contributed by atoms with van der Waals surface area (Å²) in [5.74, 6) is -0.759. The largest absolute Gasteiger partial charge is 0.368 e. The van der Waals surface area contributed by atoms with E-state index in [1.165, 1.54) is 9.80 Å². The number of carbonyl (C=O) groups excluding carboxylic acids is 2. The molecule has 0 bridgehead atoms. The highest BCUT2D eigenvalue weighted by atomic mass is 16.5. The van der Waals surface area contributed by atoms with Gasteiger partial charge >= 0.3 is 11.8 Å². The van der Waals surface area contributed by atoms with Crippen LogP contribution in [0.4, 0.5) is 11.6 Å². The van der Waals surface area contributed by atoms with Crippen LogP contribution < -0.4 is 10.6 Å². The van der Waals surface area contributed by atoms with Crippen molar-refractivity contribution in [2.75, 3.05) is 30.8 Å². The Hall–Kier alpha value is -2.83. The van der Waals surface area contributed by atoms with Crippen molar-refractivity contribution in [1.82, 2.24) is 10.1 Å². The average Bonchev–Trinajstić information content (AvgIpc) is 2.92. The highest BCUT2D eigenvalue weighted by Gasteiger charge is 2.31.